The minimum Gasteiger partial charge on any atom is -0.465 e. The molecular weight excluding hydrogens is 1220 g/mol. The van der Waals surface area contributed by atoms with E-state index in [4.69, 9.17) is 67.3 Å². The summed E-state index contributed by atoms with van der Waals surface area (Å²) in [6.45, 7) is 4.48. The highest BCUT2D eigenvalue weighted by Gasteiger charge is 2.48. The van der Waals surface area contributed by atoms with Crippen molar-refractivity contribution >= 4 is 110 Å². The lowest BCUT2D eigenvalue weighted by Gasteiger charge is -2.40. The van der Waals surface area contributed by atoms with Crippen molar-refractivity contribution in [2.24, 2.45) is 0 Å². The Morgan fingerprint density at radius 2 is 0.730 bits per heavy atom. The summed E-state index contributed by atoms with van der Waals surface area (Å²) < 4.78 is 35.5. The maximum Gasteiger partial charge on any atom is 0.316 e. The number of benzene rings is 8. The molecule has 0 radical (unpaired) electrons. The number of carbonyl (C=O) groups is 6. The summed E-state index contributed by atoms with van der Waals surface area (Å²) in [6.07, 6.45) is 7.94. The molecule has 3 aliphatic rings. The quantitative estimate of drug-likeness (QED) is 0.0395. The first-order valence-electron chi connectivity index (χ1n) is 28.8. The van der Waals surface area contributed by atoms with Crippen molar-refractivity contribution in [1.82, 2.24) is 0 Å². The van der Waals surface area contributed by atoms with Crippen molar-refractivity contribution in [1.29, 1.82) is 0 Å². The topological polar surface area (TPSA) is 209 Å². The Hall–Kier alpha value is -8.60. The van der Waals surface area contributed by atoms with Crippen LogP contribution in [0.2, 0.25) is 15.1 Å². The second kappa shape index (κ2) is 32.0. The van der Waals surface area contributed by atoms with E-state index in [1.165, 1.54) is 42.5 Å². The van der Waals surface area contributed by atoms with Crippen LogP contribution in [0, 0.1) is 11.6 Å². The second-order valence-corrected chi connectivity index (χ2v) is 22.9. The predicted octanol–water partition coefficient (Wildman–Crippen LogP) is 16.7. The van der Waals surface area contributed by atoms with Crippen LogP contribution in [0.5, 0.6) is 0 Å². The van der Waals surface area contributed by atoms with Gasteiger partial charge in [-0.25, -0.2) is 8.78 Å². The Morgan fingerprint density at radius 3 is 1.04 bits per heavy atom. The van der Waals surface area contributed by atoms with Gasteiger partial charge in [0.05, 0.1) is 29.5 Å². The van der Waals surface area contributed by atoms with Gasteiger partial charge in [0, 0.05) is 60.2 Å². The SMILES string of the molecule is CCOC(=O)C1(c2ccc(N)cc2)CCC1.CCOC(=O)C1(c2ccc(NC(=O)c3cccc(Cl)c3)cc2)CCC1.Nc1ccc(F)cc1.O=C(Cl)c1cccc(Cl)c1.O=C(Nc1ccc(C2(C(=O)Nc3ccc(F)cc3)CCC2)cc1)c1cccc(Cl)c1. The van der Waals surface area contributed by atoms with Gasteiger partial charge in [0.15, 0.2) is 0 Å². The molecule has 0 bridgehead atoms. The Labute approximate surface area is 536 Å². The maximum atomic E-state index is 13.1. The summed E-state index contributed by atoms with van der Waals surface area (Å²) in [4.78, 5) is 72.5. The summed E-state index contributed by atoms with van der Waals surface area (Å²) >= 11 is 22.6. The predicted molar refractivity (Wildman–Crippen MR) is 350 cm³/mol. The van der Waals surface area contributed by atoms with Crippen LogP contribution in [-0.4, -0.2) is 48.1 Å². The largest absolute Gasteiger partial charge is 0.465 e. The van der Waals surface area contributed by atoms with Crippen molar-refractivity contribution in [3.8, 4) is 0 Å². The highest BCUT2D eigenvalue weighted by molar-refractivity contribution is 6.67. The third-order valence-electron chi connectivity index (χ3n) is 15.4. The van der Waals surface area contributed by atoms with E-state index in [-0.39, 0.29) is 41.3 Å². The van der Waals surface area contributed by atoms with Crippen LogP contribution in [-0.2, 0) is 40.1 Å². The number of ether oxygens (including phenoxy) is 2. The standard InChI is InChI=1S/C24H20ClFN2O2.C20H20ClNO3.C13H17NO2.C7H4Cl2O.C6H6FN/c25-18-4-1-3-16(15-18)22(29)27-20-9-5-17(6-10-20)24(13-2-14-24)23(30)28-21-11-7-19(26)8-12-21;1-2-25-19(24)20(11-4-12-20)15-7-9-17(10-8-15)22-18(23)14-5-3-6-16(21)13-14;1-2-16-12(15)13(8-3-9-13)10-4-6-11(14)7-5-10;8-6-3-1-2-5(4-6)7(9)10;7-5-1-3-6(8)4-2-5/h1,3-12,15H,2,13-14H2,(H,27,29)(H,28,30);3,5-10,13H,2,4,11-12H2,1H3,(H,22,23);4-7H,2-3,8-9,14H2,1H3;1-4H;1-4H,8H2. The van der Waals surface area contributed by atoms with Crippen molar-refractivity contribution in [3.05, 3.63) is 254 Å². The van der Waals surface area contributed by atoms with Crippen LogP contribution in [0.4, 0.5) is 37.2 Å². The van der Waals surface area contributed by atoms with E-state index >= 15 is 0 Å². The van der Waals surface area contributed by atoms with Crippen LogP contribution >= 0.6 is 46.4 Å². The third kappa shape index (κ3) is 18.3. The molecule has 0 heterocycles. The molecule has 0 spiro atoms. The molecule has 3 amide bonds. The lowest BCUT2D eigenvalue weighted by atomic mass is 9.63. The molecule has 0 saturated heterocycles. The number of rotatable bonds is 14. The highest BCUT2D eigenvalue weighted by atomic mass is 35.5. The zero-order valence-corrected chi connectivity index (χ0v) is 52.0. The zero-order chi connectivity index (χ0) is 64.1. The molecule has 8 aromatic carbocycles. The Balaban J connectivity index is 0.000000171. The van der Waals surface area contributed by atoms with Gasteiger partial charge in [0.25, 0.3) is 17.1 Å². The Kier molecular flexibility index (Phi) is 24.5. The lowest BCUT2D eigenvalue weighted by Crippen LogP contribution is -2.46. The van der Waals surface area contributed by atoms with Gasteiger partial charge in [0.2, 0.25) is 5.91 Å². The Bertz CT molecular complexity index is 3690. The molecule has 0 aliphatic heterocycles. The Morgan fingerprint density at radius 1 is 0.427 bits per heavy atom. The lowest BCUT2D eigenvalue weighted by molar-refractivity contribution is -0.154. The third-order valence-corrected chi connectivity index (χ3v) is 16.4. The van der Waals surface area contributed by atoms with E-state index < -0.39 is 21.5 Å². The summed E-state index contributed by atoms with van der Waals surface area (Å²) in [7, 11) is 0. The van der Waals surface area contributed by atoms with Gasteiger partial charge in [-0.1, -0.05) is 109 Å². The molecule has 11 rings (SSSR count). The van der Waals surface area contributed by atoms with Crippen LogP contribution < -0.4 is 27.4 Å². The van der Waals surface area contributed by atoms with Gasteiger partial charge in [-0.3, -0.25) is 28.8 Å². The molecule has 13 nitrogen and oxygen atoms in total. The van der Waals surface area contributed by atoms with Crippen LogP contribution in [0.25, 0.3) is 0 Å². The second-order valence-electron chi connectivity index (χ2n) is 21.3. The number of halogens is 6. The monoisotopic (exact) mass is 1280 g/mol. The fourth-order valence-corrected chi connectivity index (χ4v) is 10.8. The molecule has 3 saturated carbocycles. The molecule has 7 N–H and O–H groups in total. The van der Waals surface area contributed by atoms with Gasteiger partial charge in [-0.15, -0.1) is 0 Å². The maximum absolute atomic E-state index is 13.1. The van der Waals surface area contributed by atoms with Crippen LogP contribution in [0.1, 0.15) is 119 Å². The highest BCUT2D eigenvalue weighted by Crippen LogP contribution is 2.47. The van der Waals surface area contributed by atoms with Crippen molar-refractivity contribution in [2.45, 2.75) is 87.9 Å². The van der Waals surface area contributed by atoms with Gasteiger partial charge in [-0.05, 0) is 220 Å². The smallest absolute Gasteiger partial charge is 0.316 e. The molecular formula is C70H67Cl4F2N5O8. The summed E-state index contributed by atoms with van der Waals surface area (Å²) in [5.74, 6) is -1.42. The average molecular weight is 1290 g/mol. The summed E-state index contributed by atoms with van der Waals surface area (Å²) in [6, 6.07) is 53.8. The van der Waals surface area contributed by atoms with Crippen LogP contribution in [0.15, 0.2) is 194 Å². The number of carbonyl (C=O) groups excluding carboxylic acids is 6. The van der Waals surface area contributed by atoms with Gasteiger partial charge < -0.3 is 36.9 Å². The first kappa shape index (κ1) is 67.9. The van der Waals surface area contributed by atoms with E-state index in [1.807, 2.05) is 74.5 Å². The number of anilines is 5. The van der Waals surface area contributed by atoms with E-state index in [1.54, 1.807) is 91.0 Å². The fraction of sp³-hybridized carbons (Fsp3) is 0.229. The number of hydrogen-bond acceptors (Lipinski definition) is 10. The molecule has 0 aromatic heterocycles. The molecule has 0 unspecified atom stereocenters. The normalized spacial score (nSPS) is 14.2. The average Bonchev–Trinajstić information content (AvgIpc) is 3.31. The van der Waals surface area contributed by atoms with Gasteiger partial charge >= 0.3 is 11.9 Å². The van der Waals surface area contributed by atoms with Crippen molar-refractivity contribution < 1.29 is 47.0 Å². The number of nitrogen functional groups attached to an aromatic ring is 2. The fourth-order valence-electron chi connectivity index (χ4n) is 10.1. The molecule has 8 aromatic rings. The number of hydrogen-bond donors (Lipinski definition) is 5. The number of nitrogens with one attached hydrogen (secondary N) is 3. The van der Waals surface area contributed by atoms with E-state index in [0.29, 0.717) is 67.7 Å². The van der Waals surface area contributed by atoms with E-state index in [9.17, 15) is 37.5 Å². The minimum atomic E-state index is -0.607. The summed E-state index contributed by atoms with van der Waals surface area (Å²) in [5, 5.41) is 9.63. The number of esters is 2. The molecule has 0 atom stereocenters. The van der Waals surface area contributed by atoms with E-state index in [2.05, 4.69) is 16.0 Å². The van der Waals surface area contributed by atoms with Gasteiger partial charge in [-0.2, -0.15) is 0 Å². The van der Waals surface area contributed by atoms with Crippen molar-refractivity contribution in [2.75, 3.05) is 40.6 Å². The zero-order valence-electron chi connectivity index (χ0n) is 48.9. The first-order chi connectivity index (χ1) is 42.7. The van der Waals surface area contributed by atoms with Crippen molar-refractivity contribution in [3.63, 3.8) is 0 Å². The molecule has 3 aliphatic carbocycles. The summed E-state index contributed by atoms with van der Waals surface area (Å²) in [5.41, 5.74) is 16.8. The molecule has 462 valence electrons. The number of amides is 3. The molecule has 89 heavy (non-hydrogen) atoms. The van der Waals surface area contributed by atoms with Gasteiger partial charge in [0.1, 0.15) is 11.6 Å². The van der Waals surface area contributed by atoms with E-state index in [0.717, 1.165) is 80.2 Å². The molecule has 19 heteroatoms. The van der Waals surface area contributed by atoms with Crippen LogP contribution in [0.3, 0.4) is 0 Å². The minimum absolute atomic E-state index is 0.0916. The first-order valence-corrected chi connectivity index (χ1v) is 30.3. The molecule has 3 fully saturated rings. The number of nitrogens with two attached hydrogens (primary N) is 2.